The summed E-state index contributed by atoms with van der Waals surface area (Å²) in [6, 6.07) is 3.30. The largest absolute Gasteiger partial charge is 0.393 e. The Hall–Kier alpha value is -0.410. The minimum atomic E-state index is -0.436. The molecular weight excluding hydrogens is 235 g/mol. The summed E-state index contributed by atoms with van der Waals surface area (Å²) in [7, 11) is 0. The number of hydrogen-bond acceptors (Lipinski definition) is 1. The first kappa shape index (κ1) is 10.7. The average molecular weight is 247 g/mol. The molecule has 1 aromatic carbocycles. The zero-order valence-corrected chi connectivity index (χ0v) is 9.23. The van der Waals surface area contributed by atoms with Gasteiger partial charge in [-0.3, -0.25) is 0 Å². The third kappa shape index (κ3) is 2.78. The van der Waals surface area contributed by atoms with E-state index >= 15 is 0 Å². The molecule has 0 saturated carbocycles. The van der Waals surface area contributed by atoms with Crippen molar-refractivity contribution in [3.63, 3.8) is 0 Å². The van der Waals surface area contributed by atoms with Crippen LogP contribution in [0.1, 0.15) is 18.1 Å². The van der Waals surface area contributed by atoms with Crippen LogP contribution in [0.5, 0.6) is 0 Å². The Kier molecular flexibility index (Phi) is 3.45. The molecule has 0 saturated heterocycles. The van der Waals surface area contributed by atoms with E-state index in [1.54, 1.807) is 13.8 Å². The summed E-state index contributed by atoms with van der Waals surface area (Å²) in [5.41, 5.74) is 1.42. The topological polar surface area (TPSA) is 20.2 Å². The van der Waals surface area contributed by atoms with Crippen molar-refractivity contribution in [2.45, 2.75) is 26.4 Å². The van der Waals surface area contributed by atoms with E-state index in [9.17, 15) is 4.39 Å². The second-order valence-corrected chi connectivity index (χ2v) is 4.09. The van der Waals surface area contributed by atoms with Gasteiger partial charge in [0.25, 0.3) is 0 Å². The van der Waals surface area contributed by atoms with Crippen LogP contribution < -0.4 is 0 Å². The molecule has 0 aliphatic heterocycles. The zero-order chi connectivity index (χ0) is 10.0. The van der Waals surface area contributed by atoms with Crippen LogP contribution >= 0.6 is 15.9 Å². The van der Waals surface area contributed by atoms with Crippen molar-refractivity contribution in [3.05, 3.63) is 33.5 Å². The van der Waals surface area contributed by atoms with Crippen LogP contribution in [0.3, 0.4) is 0 Å². The van der Waals surface area contributed by atoms with Crippen molar-refractivity contribution in [2.75, 3.05) is 0 Å². The number of hydrogen-bond donors (Lipinski definition) is 1. The molecule has 1 rings (SSSR count). The van der Waals surface area contributed by atoms with Gasteiger partial charge in [0.2, 0.25) is 0 Å². The Balaban J connectivity index is 2.99. The maximum absolute atomic E-state index is 13.2. The molecule has 1 nitrogen and oxygen atoms in total. The third-order valence-electron chi connectivity index (χ3n) is 1.87. The lowest BCUT2D eigenvalue weighted by Gasteiger charge is -2.07. The van der Waals surface area contributed by atoms with Gasteiger partial charge in [-0.05, 0) is 43.5 Å². The SMILES string of the molecule is Cc1c(F)cc(CC(C)O)cc1Br. The van der Waals surface area contributed by atoms with E-state index in [4.69, 9.17) is 5.11 Å². The lowest BCUT2D eigenvalue weighted by Crippen LogP contribution is -2.04. The van der Waals surface area contributed by atoms with Crippen LogP contribution in [0.15, 0.2) is 16.6 Å². The van der Waals surface area contributed by atoms with Gasteiger partial charge in [0.1, 0.15) is 5.82 Å². The van der Waals surface area contributed by atoms with Gasteiger partial charge in [-0.1, -0.05) is 15.9 Å². The van der Waals surface area contributed by atoms with E-state index in [1.165, 1.54) is 6.07 Å². The highest BCUT2D eigenvalue weighted by molar-refractivity contribution is 9.10. The van der Waals surface area contributed by atoms with E-state index < -0.39 is 6.10 Å². The number of halogens is 2. The Morgan fingerprint density at radius 1 is 1.54 bits per heavy atom. The molecule has 0 radical (unpaired) electrons. The fourth-order valence-electron chi connectivity index (χ4n) is 1.16. The molecule has 1 N–H and O–H groups in total. The summed E-state index contributed by atoms with van der Waals surface area (Å²) in [6.45, 7) is 3.40. The molecule has 72 valence electrons. The van der Waals surface area contributed by atoms with Crippen LogP contribution in [-0.2, 0) is 6.42 Å². The maximum atomic E-state index is 13.2. The van der Waals surface area contributed by atoms with E-state index in [-0.39, 0.29) is 5.82 Å². The Bertz CT molecular complexity index is 287. The number of aliphatic hydroxyl groups excluding tert-OH is 1. The molecule has 0 bridgehead atoms. The summed E-state index contributed by atoms with van der Waals surface area (Å²) < 4.78 is 13.9. The lowest BCUT2D eigenvalue weighted by molar-refractivity contribution is 0.195. The van der Waals surface area contributed by atoms with Crippen molar-refractivity contribution in [2.24, 2.45) is 0 Å². The molecule has 0 amide bonds. The maximum Gasteiger partial charge on any atom is 0.127 e. The molecule has 1 unspecified atom stereocenters. The number of aliphatic hydroxyl groups is 1. The highest BCUT2D eigenvalue weighted by atomic mass is 79.9. The van der Waals surface area contributed by atoms with Crippen LogP contribution in [0, 0.1) is 12.7 Å². The molecular formula is C10H12BrFO. The van der Waals surface area contributed by atoms with E-state index in [0.29, 0.717) is 12.0 Å². The first-order valence-electron chi connectivity index (χ1n) is 4.13. The van der Waals surface area contributed by atoms with Crippen molar-refractivity contribution in [1.82, 2.24) is 0 Å². The summed E-state index contributed by atoms with van der Waals surface area (Å²) in [6.07, 6.45) is 0.0458. The first-order valence-corrected chi connectivity index (χ1v) is 4.92. The fourth-order valence-corrected chi connectivity index (χ4v) is 1.64. The monoisotopic (exact) mass is 246 g/mol. The zero-order valence-electron chi connectivity index (χ0n) is 7.64. The summed E-state index contributed by atoms with van der Waals surface area (Å²) in [5.74, 6) is -0.231. The fraction of sp³-hybridized carbons (Fsp3) is 0.400. The van der Waals surface area contributed by atoms with Gasteiger partial charge in [-0.15, -0.1) is 0 Å². The predicted molar refractivity (Wildman–Crippen MR) is 54.2 cm³/mol. The van der Waals surface area contributed by atoms with Crippen LogP contribution in [0.4, 0.5) is 4.39 Å². The third-order valence-corrected chi connectivity index (χ3v) is 2.70. The van der Waals surface area contributed by atoms with E-state index in [0.717, 1.165) is 10.0 Å². The normalized spacial score (nSPS) is 13.0. The van der Waals surface area contributed by atoms with E-state index in [2.05, 4.69) is 15.9 Å². The van der Waals surface area contributed by atoms with Crippen molar-refractivity contribution in [3.8, 4) is 0 Å². The minimum Gasteiger partial charge on any atom is -0.393 e. The molecule has 0 aromatic heterocycles. The number of rotatable bonds is 2. The predicted octanol–water partition coefficient (Wildman–Crippen LogP) is 2.82. The molecule has 0 heterocycles. The first-order chi connectivity index (χ1) is 6.00. The van der Waals surface area contributed by atoms with Gasteiger partial charge >= 0.3 is 0 Å². The molecule has 0 aliphatic rings. The lowest BCUT2D eigenvalue weighted by atomic mass is 10.1. The van der Waals surface area contributed by atoms with Gasteiger partial charge in [-0.25, -0.2) is 4.39 Å². The Morgan fingerprint density at radius 3 is 2.62 bits per heavy atom. The van der Waals surface area contributed by atoms with Crippen LogP contribution in [0.25, 0.3) is 0 Å². The molecule has 1 aromatic rings. The van der Waals surface area contributed by atoms with Gasteiger partial charge in [0.15, 0.2) is 0 Å². The second-order valence-electron chi connectivity index (χ2n) is 3.24. The average Bonchev–Trinajstić information content (AvgIpc) is 1.98. The number of benzene rings is 1. The summed E-state index contributed by atoms with van der Waals surface area (Å²) >= 11 is 3.27. The second kappa shape index (κ2) is 4.20. The van der Waals surface area contributed by atoms with Gasteiger partial charge in [0, 0.05) is 4.47 Å². The molecule has 0 fully saturated rings. The molecule has 1 atom stereocenters. The summed E-state index contributed by atoms with van der Waals surface area (Å²) in [4.78, 5) is 0. The molecule has 13 heavy (non-hydrogen) atoms. The molecule has 0 aliphatic carbocycles. The van der Waals surface area contributed by atoms with Crippen LogP contribution in [0.2, 0.25) is 0 Å². The smallest absolute Gasteiger partial charge is 0.127 e. The standard InChI is InChI=1S/C10H12BrFO/c1-6(13)3-8-4-9(11)7(2)10(12)5-8/h4-6,13H,3H2,1-2H3. The highest BCUT2D eigenvalue weighted by Gasteiger charge is 2.06. The molecule has 0 spiro atoms. The van der Waals surface area contributed by atoms with Crippen molar-refractivity contribution in [1.29, 1.82) is 0 Å². The quantitative estimate of drug-likeness (QED) is 0.851. The van der Waals surface area contributed by atoms with Crippen molar-refractivity contribution >= 4 is 15.9 Å². The van der Waals surface area contributed by atoms with Crippen LogP contribution in [-0.4, -0.2) is 11.2 Å². The van der Waals surface area contributed by atoms with E-state index in [1.807, 2.05) is 6.07 Å². The van der Waals surface area contributed by atoms with Crippen molar-refractivity contribution < 1.29 is 9.50 Å². The Morgan fingerprint density at radius 2 is 2.15 bits per heavy atom. The van der Waals surface area contributed by atoms with Gasteiger partial charge in [0.05, 0.1) is 6.10 Å². The minimum absolute atomic E-state index is 0.231. The Labute approximate surface area is 85.7 Å². The highest BCUT2D eigenvalue weighted by Crippen LogP contribution is 2.21. The molecule has 3 heteroatoms. The summed E-state index contributed by atoms with van der Waals surface area (Å²) in [5, 5.41) is 9.12. The van der Waals surface area contributed by atoms with Gasteiger partial charge < -0.3 is 5.11 Å². The van der Waals surface area contributed by atoms with Gasteiger partial charge in [-0.2, -0.15) is 0 Å².